The van der Waals surface area contributed by atoms with E-state index in [1.807, 2.05) is 0 Å². The van der Waals surface area contributed by atoms with Crippen molar-refractivity contribution in [3.8, 4) is 0 Å². The Kier molecular flexibility index (Phi) is 2.78. The van der Waals surface area contributed by atoms with E-state index >= 15 is 0 Å². The standard InChI is InChI=1S/C11H17NO4/c1-11(9(13)14)7-12(10(15)16-11)8-5-3-2-4-6-8/h8H,2-7H2,1H3,(H,13,14). The third kappa shape index (κ3) is 1.86. The molecule has 0 aromatic rings. The van der Waals surface area contributed by atoms with Crippen LogP contribution >= 0.6 is 0 Å². The number of nitrogens with zero attached hydrogens (tertiary/aromatic N) is 1. The van der Waals surface area contributed by atoms with Gasteiger partial charge in [0, 0.05) is 6.04 Å². The van der Waals surface area contributed by atoms with Crippen molar-refractivity contribution in [2.24, 2.45) is 0 Å². The van der Waals surface area contributed by atoms with Crippen LogP contribution in [0.15, 0.2) is 0 Å². The molecule has 0 spiro atoms. The molecule has 0 aromatic heterocycles. The van der Waals surface area contributed by atoms with Gasteiger partial charge >= 0.3 is 12.1 Å². The molecule has 1 atom stereocenters. The first-order valence-corrected chi connectivity index (χ1v) is 5.76. The number of rotatable bonds is 2. The van der Waals surface area contributed by atoms with E-state index in [4.69, 9.17) is 9.84 Å². The van der Waals surface area contributed by atoms with Gasteiger partial charge in [0.15, 0.2) is 0 Å². The zero-order valence-electron chi connectivity index (χ0n) is 9.44. The molecule has 0 bridgehead atoms. The highest BCUT2D eigenvalue weighted by Crippen LogP contribution is 2.30. The third-order valence-corrected chi connectivity index (χ3v) is 3.49. The van der Waals surface area contributed by atoms with Gasteiger partial charge in [-0.1, -0.05) is 19.3 Å². The Morgan fingerprint density at radius 2 is 2.06 bits per heavy atom. The van der Waals surface area contributed by atoms with Crippen molar-refractivity contribution in [2.75, 3.05) is 6.54 Å². The van der Waals surface area contributed by atoms with Crippen LogP contribution in [0.2, 0.25) is 0 Å². The lowest BCUT2D eigenvalue weighted by molar-refractivity contribution is -0.153. The summed E-state index contributed by atoms with van der Waals surface area (Å²) in [6.07, 6.45) is 4.87. The van der Waals surface area contributed by atoms with E-state index in [2.05, 4.69) is 0 Å². The Hall–Kier alpha value is -1.26. The summed E-state index contributed by atoms with van der Waals surface area (Å²) in [7, 11) is 0. The van der Waals surface area contributed by atoms with Gasteiger partial charge in [0.1, 0.15) is 0 Å². The van der Waals surface area contributed by atoms with Crippen LogP contribution in [-0.4, -0.2) is 40.3 Å². The average Bonchev–Trinajstić information content (AvgIpc) is 2.57. The van der Waals surface area contributed by atoms with Crippen LogP contribution in [0, 0.1) is 0 Å². The van der Waals surface area contributed by atoms with E-state index in [9.17, 15) is 9.59 Å². The molecular weight excluding hydrogens is 210 g/mol. The summed E-state index contributed by atoms with van der Waals surface area (Å²) in [6.45, 7) is 1.63. The van der Waals surface area contributed by atoms with E-state index in [-0.39, 0.29) is 12.6 Å². The summed E-state index contributed by atoms with van der Waals surface area (Å²) in [5.74, 6) is -1.07. The molecule has 2 aliphatic rings. The number of carbonyl (C=O) groups excluding carboxylic acids is 1. The minimum absolute atomic E-state index is 0.169. The number of cyclic esters (lactones) is 1. The second-order valence-electron chi connectivity index (χ2n) is 4.82. The predicted molar refractivity (Wildman–Crippen MR) is 56.1 cm³/mol. The lowest BCUT2D eigenvalue weighted by atomic mass is 9.94. The number of hydrogen-bond donors (Lipinski definition) is 1. The molecule has 1 unspecified atom stereocenters. The minimum Gasteiger partial charge on any atom is -0.478 e. The largest absolute Gasteiger partial charge is 0.478 e. The molecule has 1 aliphatic carbocycles. The molecule has 1 amide bonds. The Morgan fingerprint density at radius 3 is 2.56 bits per heavy atom. The van der Waals surface area contributed by atoms with Gasteiger partial charge in [-0.25, -0.2) is 9.59 Å². The van der Waals surface area contributed by atoms with E-state index in [0.29, 0.717) is 0 Å². The molecule has 1 aliphatic heterocycles. The Morgan fingerprint density at radius 1 is 1.44 bits per heavy atom. The molecule has 1 N–H and O–H groups in total. The number of hydrogen-bond acceptors (Lipinski definition) is 3. The summed E-state index contributed by atoms with van der Waals surface area (Å²) in [5.41, 5.74) is -1.37. The molecule has 5 nitrogen and oxygen atoms in total. The van der Waals surface area contributed by atoms with Crippen LogP contribution in [0.3, 0.4) is 0 Å². The Labute approximate surface area is 94.4 Å². The molecule has 5 heteroatoms. The first-order chi connectivity index (χ1) is 7.53. The topological polar surface area (TPSA) is 66.8 Å². The van der Waals surface area contributed by atoms with E-state index < -0.39 is 17.7 Å². The molecule has 2 fully saturated rings. The highest BCUT2D eigenvalue weighted by Gasteiger charge is 2.49. The van der Waals surface area contributed by atoms with E-state index in [0.717, 1.165) is 25.7 Å². The maximum atomic E-state index is 11.6. The van der Waals surface area contributed by atoms with Crippen LogP contribution in [0.4, 0.5) is 4.79 Å². The number of amides is 1. The van der Waals surface area contributed by atoms with E-state index in [1.54, 1.807) is 4.90 Å². The van der Waals surface area contributed by atoms with Crippen molar-refractivity contribution in [1.82, 2.24) is 4.90 Å². The van der Waals surface area contributed by atoms with Crippen molar-refractivity contribution < 1.29 is 19.4 Å². The molecule has 16 heavy (non-hydrogen) atoms. The summed E-state index contributed by atoms with van der Waals surface area (Å²) in [6, 6.07) is 0.169. The molecule has 1 heterocycles. The van der Waals surface area contributed by atoms with Crippen LogP contribution < -0.4 is 0 Å². The molecular formula is C11H17NO4. The normalized spacial score (nSPS) is 31.6. The van der Waals surface area contributed by atoms with Crippen LogP contribution in [0.25, 0.3) is 0 Å². The Bertz CT molecular complexity index is 311. The van der Waals surface area contributed by atoms with Crippen molar-refractivity contribution in [1.29, 1.82) is 0 Å². The molecule has 1 saturated carbocycles. The molecule has 90 valence electrons. The maximum absolute atomic E-state index is 11.6. The third-order valence-electron chi connectivity index (χ3n) is 3.49. The molecule has 0 aromatic carbocycles. The average molecular weight is 227 g/mol. The first kappa shape index (κ1) is 11.2. The number of carboxylic acid groups (broad SMARTS) is 1. The smallest absolute Gasteiger partial charge is 0.411 e. The SMILES string of the molecule is CC1(C(=O)O)CN(C2CCCCC2)C(=O)O1. The van der Waals surface area contributed by atoms with Gasteiger partial charge in [-0.15, -0.1) is 0 Å². The number of carboxylic acids is 1. The zero-order chi connectivity index (χ0) is 11.8. The fourth-order valence-electron chi connectivity index (χ4n) is 2.46. The number of ether oxygens (including phenoxy) is 1. The maximum Gasteiger partial charge on any atom is 0.411 e. The lowest BCUT2D eigenvalue weighted by Crippen LogP contribution is -2.42. The quantitative estimate of drug-likeness (QED) is 0.778. The van der Waals surface area contributed by atoms with Gasteiger partial charge in [-0.05, 0) is 19.8 Å². The van der Waals surface area contributed by atoms with Gasteiger partial charge in [-0.3, -0.25) is 0 Å². The van der Waals surface area contributed by atoms with Crippen molar-refractivity contribution >= 4 is 12.1 Å². The van der Waals surface area contributed by atoms with Gasteiger partial charge in [-0.2, -0.15) is 0 Å². The van der Waals surface area contributed by atoms with Gasteiger partial charge < -0.3 is 14.7 Å². The van der Waals surface area contributed by atoms with Crippen molar-refractivity contribution in [3.05, 3.63) is 0 Å². The fourth-order valence-corrected chi connectivity index (χ4v) is 2.46. The molecule has 2 rings (SSSR count). The second-order valence-corrected chi connectivity index (χ2v) is 4.82. The van der Waals surface area contributed by atoms with Crippen LogP contribution in [-0.2, 0) is 9.53 Å². The van der Waals surface area contributed by atoms with Crippen LogP contribution in [0.1, 0.15) is 39.0 Å². The monoisotopic (exact) mass is 227 g/mol. The van der Waals surface area contributed by atoms with Gasteiger partial charge in [0.05, 0.1) is 6.54 Å². The Balaban J connectivity index is 2.07. The molecule has 0 radical (unpaired) electrons. The van der Waals surface area contributed by atoms with E-state index in [1.165, 1.54) is 13.3 Å². The predicted octanol–water partition coefficient (Wildman–Crippen LogP) is 1.61. The highest BCUT2D eigenvalue weighted by atomic mass is 16.6. The number of aliphatic carboxylic acids is 1. The summed E-state index contributed by atoms with van der Waals surface area (Å²) < 4.78 is 4.96. The first-order valence-electron chi connectivity index (χ1n) is 5.76. The van der Waals surface area contributed by atoms with Gasteiger partial charge in [0.25, 0.3) is 0 Å². The molecule has 1 saturated heterocycles. The van der Waals surface area contributed by atoms with Crippen molar-refractivity contribution in [2.45, 2.75) is 50.7 Å². The number of carbonyl (C=O) groups is 2. The highest BCUT2D eigenvalue weighted by molar-refractivity contribution is 5.85. The van der Waals surface area contributed by atoms with Crippen molar-refractivity contribution in [3.63, 3.8) is 0 Å². The summed E-state index contributed by atoms with van der Waals surface area (Å²) in [4.78, 5) is 24.2. The lowest BCUT2D eigenvalue weighted by Gasteiger charge is -2.29. The van der Waals surface area contributed by atoms with Crippen LogP contribution in [0.5, 0.6) is 0 Å². The summed E-state index contributed by atoms with van der Waals surface area (Å²) >= 11 is 0. The zero-order valence-corrected chi connectivity index (χ0v) is 9.44. The second kappa shape index (κ2) is 3.96. The summed E-state index contributed by atoms with van der Waals surface area (Å²) in [5, 5.41) is 9.00. The minimum atomic E-state index is -1.37. The van der Waals surface area contributed by atoms with Gasteiger partial charge in [0.2, 0.25) is 5.60 Å². The fraction of sp³-hybridized carbons (Fsp3) is 0.818.